The van der Waals surface area contributed by atoms with Crippen LogP contribution in [0.15, 0.2) is 64.4 Å². The molecule has 1 aromatic heterocycles. The number of nitrogens with zero attached hydrogens (tertiary/aromatic N) is 1. The number of nitrogens with one attached hydrogen (secondary N) is 1. The monoisotopic (exact) mass is 490 g/mol. The Balaban J connectivity index is 1.36. The van der Waals surface area contributed by atoms with Gasteiger partial charge in [-0.15, -0.1) is 11.8 Å². The van der Waals surface area contributed by atoms with E-state index in [2.05, 4.69) is 11.1 Å². The van der Waals surface area contributed by atoms with E-state index in [0.29, 0.717) is 5.69 Å². The van der Waals surface area contributed by atoms with Crippen LogP contribution in [0.5, 0.6) is 5.75 Å². The molecule has 2 aromatic carbocycles. The van der Waals surface area contributed by atoms with Gasteiger partial charge in [0.2, 0.25) is 11.8 Å². The number of hydrogen-bond acceptors (Lipinski definition) is 6. The minimum Gasteiger partial charge on any atom is -0.496 e. The van der Waals surface area contributed by atoms with Crippen molar-refractivity contribution in [1.82, 2.24) is 4.98 Å². The fourth-order valence-corrected chi connectivity index (χ4v) is 10.00. The summed E-state index contributed by atoms with van der Waals surface area (Å²) in [6, 6.07) is 17.3. The summed E-state index contributed by atoms with van der Waals surface area (Å²) < 4.78 is 5.73. The number of methoxy groups -OCH3 is 1. The highest BCUT2D eigenvalue weighted by Crippen LogP contribution is 2.69. The van der Waals surface area contributed by atoms with Gasteiger partial charge in [-0.1, -0.05) is 47.7 Å². The minimum absolute atomic E-state index is 0.0361. The average Bonchev–Trinajstić information content (AvgIpc) is 3.58. The molecule has 3 aromatic rings. The van der Waals surface area contributed by atoms with E-state index in [-0.39, 0.29) is 57.4 Å². The zero-order valence-corrected chi connectivity index (χ0v) is 20.0. The standard InChI is InChI=1S/C26H22N2O4S2/c1-32-16-10-6-5-9-13(16)17-18-14-11-15(21(18)33-23-22(17)34-26(31)27-23)20-19(14)24(29)28(25(20)30)12-7-3-2-4-8-12/h2-10,14-15,17-21H,11H2,1H3,(H,27,31)/t14-,15-,17-,18+,19-,20-,21-/m1/s1. The summed E-state index contributed by atoms with van der Waals surface area (Å²) in [5, 5.41) is 1.08. The summed E-state index contributed by atoms with van der Waals surface area (Å²) in [7, 11) is 1.67. The van der Waals surface area contributed by atoms with Gasteiger partial charge in [0.15, 0.2) is 0 Å². The van der Waals surface area contributed by atoms with Crippen molar-refractivity contribution in [3.05, 3.63) is 74.7 Å². The van der Waals surface area contributed by atoms with Gasteiger partial charge in [0, 0.05) is 21.6 Å². The quantitative estimate of drug-likeness (QED) is 0.559. The van der Waals surface area contributed by atoms with Gasteiger partial charge in [-0.3, -0.25) is 19.3 Å². The number of para-hydroxylation sites is 2. The van der Waals surface area contributed by atoms with E-state index in [9.17, 15) is 14.4 Å². The van der Waals surface area contributed by atoms with Crippen LogP contribution in [0.2, 0.25) is 0 Å². The lowest BCUT2D eigenvalue weighted by molar-refractivity contribution is -0.123. The molecule has 0 radical (unpaired) electrons. The van der Waals surface area contributed by atoms with Crippen molar-refractivity contribution in [1.29, 1.82) is 0 Å². The molecule has 2 saturated carbocycles. The van der Waals surface area contributed by atoms with Crippen LogP contribution in [0.1, 0.15) is 22.8 Å². The number of aromatic amines is 1. The lowest BCUT2D eigenvalue weighted by Crippen LogP contribution is -2.42. The third-order valence-electron chi connectivity index (χ3n) is 8.21. The molecule has 4 aliphatic rings. The van der Waals surface area contributed by atoms with Crippen molar-refractivity contribution < 1.29 is 14.3 Å². The zero-order valence-electron chi connectivity index (χ0n) is 18.3. The Hall–Kier alpha value is -2.84. The molecule has 8 heteroatoms. The van der Waals surface area contributed by atoms with Crippen molar-refractivity contribution in [3.63, 3.8) is 0 Å². The number of rotatable bonds is 3. The number of thiazole rings is 1. The Bertz CT molecular complexity index is 1380. The van der Waals surface area contributed by atoms with Gasteiger partial charge in [-0.05, 0) is 42.4 Å². The van der Waals surface area contributed by atoms with Crippen LogP contribution in [0, 0.1) is 29.6 Å². The number of fused-ring (bicyclic) bond motifs is 9. The fraction of sp³-hybridized carbons (Fsp3) is 0.346. The fourth-order valence-electron chi connectivity index (χ4n) is 7.12. The van der Waals surface area contributed by atoms with E-state index in [1.807, 2.05) is 48.5 Å². The van der Waals surface area contributed by atoms with Gasteiger partial charge < -0.3 is 9.72 Å². The molecule has 7 rings (SSSR count). The summed E-state index contributed by atoms with van der Waals surface area (Å²) in [6.45, 7) is 0. The highest BCUT2D eigenvalue weighted by molar-refractivity contribution is 8.00. The molecule has 1 saturated heterocycles. The van der Waals surface area contributed by atoms with E-state index >= 15 is 0 Å². The predicted molar refractivity (Wildman–Crippen MR) is 130 cm³/mol. The van der Waals surface area contributed by atoms with Crippen molar-refractivity contribution in [2.75, 3.05) is 12.0 Å². The number of thioether (sulfide) groups is 1. The van der Waals surface area contributed by atoms with E-state index in [1.54, 1.807) is 18.9 Å². The number of hydrogen-bond donors (Lipinski definition) is 1. The normalized spacial score (nSPS) is 33.1. The van der Waals surface area contributed by atoms with Crippen LogP contribution in [0.4, 0.5) is 5.69 Å². The first-order valence-corrected chi connectivity index (χ1v) is 13.2. The summed E-state index contributed by atoms with van der Waals surface area (Å²) in [5.74, 6) is 0.427. The molecule has 2 aliphatic carbocycles. The summed E-state index contributed by atoms with van der Waals surface area (Å²) >= 11 is 2.97. The van der Waals surface area contributed by atoms with Crippen LogP contribution < -0.4 is 14.5 Å². The lowest BCUT2D eigenvalue weighted by Gasteiger charge is -2.43. The summed E-state index contributed by atoms with van der Waals surface area (Å²) in [6.07, 6.45) is 0.878. The van der Waals surface area contributed by atoms with E-state index in [0.717, 1.165) is 27.6 Å². The van der Waals surface area contributed by atoms with E-state index < -0.39 is 0 Å². The van der Waals surface area contributed by atoms with Crippen molar-refractivity contribution >= 4 is 40.6 Å². The van der Waals surface area contributed by atoms with Gasteiger partial charge in [-0.2, -0.15) is 0 Å². The summed E-state index contributed by atoms with van der Waals surface area (Å²) in [4.78, 5) is 45.1. The Morgan fingerprint density at radius 3 is 2.41 bits per heavy atom. The number of carbonyl (C=O) groups excluding carboxylic acids is 2. The second-order valence-corrected chi connectivity index (χ2v) is 11.8. The second-order valence-electron chi connectivity index (χ2n) is 9.55. The molecular weight excluding hydrogens is 468 g/mol. The number of carbonyl (C=O) groups is 2. The number of imide groups is 1. The number of benzene rings is 2. The molecule has 0 spiro atoms. The van der Waals surface area contributed by atoms with Crippen LogP contribution >= 0.6 is 23.1 Å². The van der Waals surface area contributed by atoms with E-state index in [1.165, 1.54) is 16.2 Å². The first kappa shape index (κ1) is 20.5. The molecular formula is C26H22N2O4S2. The number of anilines is 1. The van der Waals surface area contributed by atoms with Gasteiger partial charge in [0.05, 0.1) is 29.7 Å². The molecule has 172 valence electrons. The highest BCUT2D eigenvalue weighted by Gasteiger charge is 2.69. The zero-order chi connectivity index (χ0) is 23.1. The molecule has 0 unspecified atom stereocenters. The third-order valence-corrected chi connectivity index (χ3v) is 10.8. The van der Waals surface area contributed by atoms with Crippen molar-refractivity contribution in [2.24, 2.45) is 29.6 Å². The molecule has 2 amide bonds. The van der Waals surface area contributed by atoms with Crippen molar-refractivity contribution in [2.45, 2.75) is 22.6 Å². The van der Waals surface area contributed by atoms with Crippen LogP contribution in [0.25, 0.3) is 0 Å². The first-order valence-electron chi connectivity index (χ1n) is 11.5. The summed E-state index contributed by atoms with van der Waals surface area (Å²) in [5.41, 5.74) is 1.71. The lowest BCUT2D eigenvalue weighted by atomic mass is 9.68. The molecule has 2 aliphatic heterocycles. The Morgan fingerprint density at radius 2 is 1.65 bits per heavy atom. The van der Waals surface area contributed by atoms with Gasteiger partial charge in [0.1, 0.15) is 5.75 Å². The number of H-pyrrole nitrogens is 1. The van der Waals surface area contributed by atoms with Crippen LogP contribution in [0.3, 0.4) is 0 Å². The first-order chi connectivity index (χ1) is 16.6. The Morgan fingerprint density at radius 1 is 0.941 bits per heavy atom. The van der Waals surface area contributed by atoms with Crippen LogP contribution in [-0.2, 0) is 9.59 Å². The average molecular weight is 491 g/mol. The van der Waals surface area contributed by atoms with Gasteiger partial charge in [-0.25, -0.2) is 0 Å². The van der Waals surface area contributed by atoms with Gasteiger partial charge in [0.25, 0.3) is 0 Å². The maximum Gasteiger partial charge on any atom is 0.305 e. The Kier molecular flexibility index (Phi) is 4.42. The second kappa shape index (κ2) is 7.33. The molecule has 34 heavy (non-hydrogen) atoms. The largest absolute Gasteiger partial charge is 0.496 e. The molecule has 6 nitrogen and oxygen atoms in total. The molecule has 2 bridgehead atoms. The van der Waals surface area contributed by atoms with Gasteiger partial charge >= 0.3 is 4.87 Å². The topological polar surface area (TPSA) is 79.5 Å². The predicted octanol–water partition coefficient (Wildman–Crippen LogP) is 4.12. The molecule has 1 N–H and O–H groups in total. The third kappa shape index (κ3) is 2.61. The Labute approximate surface area is 204 Å². The number of ether oxygens (including phenoxy) is 1. The van der Waals surface area contributed by atoms with Crippen molar-refractivity contribution in [3.8, 4) is 5.75 Å². The maximum absolute atomic E-state index is 13.7. The highest BCUT2D eigenvalue weighted by atomic mass is 32.2. The smallest absolute Gasteiger partial charge is 0.305 e. The molecule has 3 heterocycles. The van der Waals surface area contributed by atoms with Crippen LogP contribution in [-0.4, -0.2) is 29.2 Å². The minimum atomic E-state index is -0.297. The number of aromatic nitrogens is 1. The SMILES string of the molecule is COc1ccccc1[C@H]1c2sc(=O)[nH]c2S[C@@H]2[C@@H]3C[C@@H]([C@H]4C(=O)N(c5ccccc5)C(=O)[C@H]34)[C@@H]12. The molecule has 3 fully saturated rings. The molecule has 7 atom stereocenters. The number of amides is 2. The van der Waals surface area contributed by atoms with E-state index in [4.69, 9.17) is 4.74 Å². The maximum atomic E-state index is 13.7.